The van der Waals surface area contributed by atoms with E-state index in [1.54, 1.807) is 11.1 Å². The van der Waals surface area contributed by atoms with Crippen molar-refractivity contribution < 1.29 is 5.11 Å². The fraction of sp³-hybridized carbons (Fsp3) is 0.545. The summed E-state index contributed by atoms with van der Waals surface area (Å²) in [5.41, 5.74) is 6.65. The second-order valence-electron chi connectivity index (χ2n) is 7.92. The van der Waals surface area contributed by atoms with Gasteiger partial charge in [-0.1, -0.05) is 49.6 Å². The van der Waals surface area contributed by atoms with E-state index >= 15 is 0 Å². The van der Waals surface area contributed by atoms with Crippen LogP contribution in [0.5, 0.6) is 5.75 Å². The molecule has 0 radical (unpaired) electrons. The lowest BCUT2D eigenvalue weighted by Gasteiger charge is -2.46. The number of phenols is 1. The van der Waals surface area contributed by atoms with Gasteiger partial charge in [0.1, 0.15) is 5.75 Å². The molecule has 3 atom stereocenters. The molecule has 3 aliphatic rings. The van der Waals surface area contributed by atoms with Gasteiger partial charge < -0.3 is 5.11 Å². The van der Waals surface area contributed by atoms with Gasteiger partial charge in [-0.25, -0.2) is 0 Å². The molecule has 0 aromatic heterocycles. The van der Waals surface area contributed by atoms with Crippen LogP contribution in [0.4, 0.5) is 0 Å². The molecule has 1 heteroatoms. The molecule has 0 spiro atoms. The number of rotatable bonds is 3. The molecule has 122 valence electrons. The van der Waals surface area contributed by atoms with E-state index in [9.17, 15) is 5.11 Å². The molecule has 1 aromatic carbocycles. The standard InChI is InChI=1S/C22H28O/c1-3-4-5-16-7-11-21-20-9-6-15-14-17(23)8-10-18(15)19(20)12-13-22(16,21)2/h7-10,14,19,21,23H,3-6,11-13H2,1-2H3. The summed E-state index contributed by atoms with van der Waals surface area (Å²) in [7, 11) is 0. The Bertz CT molecular complexity index is 681. The fourth-order valence-corrected chi connectivity index (χ4v) is 5.38. The minimum atomic E-state index is 0.408. The summed E-state index contributed by atoms with van der Waals surface area (Å²) in [6, 6.07) is 6.01. The van der Waals surface area contributed by atoms with E-state index in [-0.39, 0.29) is 0 Å². The van der Waals surface area contributed by atoms with Gasteiger partial charge in [-0.2, -0.15) is 0 Å². The first-order valence-electron chi connectivity index (χ1n) is 9.34. The van der Waals surface area contributed by atoms with Gasteiger partial charge in [-0.3, -0.25) is 0 Å². The van der Waals surface area contributed by atoms with Crippen LogP contribution in [-0.2, 0) is 6.42 Å². The molecule has 3 aliphatic carbocycles. The lowest BCUT2D eigenvalue weighted by atomic mass is 9.58. The Kier molecular flexibility index (Phi) is 3.63. The third-order valence-electron chi connectivity index (χ3n) is 6.72. The molecule has 0 heterocycles. The molecule has 3 unspecified atom stereocenters. The van der Waals surface area contributed by atoms with Crippen LogP contribution in [0.3, 0.4) is 0 Å². The van der Waals surface area contributed by atoms with Crippen LogP contribution in [0.15, 0.2) is 41.5 Å². The Labute approximate surface area is 140 Å². The zero-order valence-electron chi connectivity index (χ0n) is 14.4. The molecule has 0 amide bonds. The van der Waals surface area contributed by atoms with Crippen LogP contribution in [-0.4, -0.2) is 5.11 Å². The molecule has 4 rings (SSSR count). The Hall–Kier alpha value is -1.50. The summed E-state index contributed by atoms with van der Waals surface area (Å²) >= 11 is 0. The molecule has 1 saturated carbocycles. The van der Waals surface area contributed by atoms with E-state index in [4.69, 9.17) is 0 Å². The van der Waals surface area contributed by atoms with Crippen molar-refractivity contribution in [3.63, 3.8) is 0 Å². The number of allylic oxidation sites excluding steroid dienone is 4. The van der Waals surface area contributed by atoms with Crippen molar-refractivity contribution in [3.8, 4) is 5.75 Å². The van der Waals surface area contributed by atoms with Gasteiger partial charge in [-0.05, 0) is 73.1 Å². The zero-order chi connectivity index (χ0) is 16.0. The SMILES string of the molecule is CCCCC1=CCC2C3=CCc4cc(O)ccc4C3CCC12C. The number of aromatic hydroxyl groups is 1. The number of hydrogen-bond donors (Lipinski definition) is 1. The Morgan fingerprint density at radius 2 is 2.13 bits per heavy atom. The van der Waals surface area contributed by atoms with Gasteiger partial charge in [-0.15, -0.1) is 0 Å². The molecule has 0 bridgehead atoms. The zero-order valence-corrected chi connectivity index (χ0v) is 14.4. The number of hydrogen-bond acceptors (Lipinski definition) is 1. The number of fused-ring (bicyclic) bond motifs is 5. The van der Waals surface area contributed by atoms with Gasteiger partial charge in [0.05, 0.1) is 0 Å². The average molecular weight is 308 g/mol. The van der Waals surface area contributed by atoms with Crippen LogP contribution in [0.25, 0.3) is 0 Å². The predicted molar refractivity (Wildman–Crippen MR) is 95.7 cm³/mol. The molecule has 1 N–H and O–H groups in total. The van der Waals surface area contributed by atoms with Crippen molar-refractivity contribution in [1.82, 2.24) is 0 Å². The lowest BCUT2D eigenvalue weighted by molar-refractivity contribution is 0.213. The van der Waals surface area contributed by atoms with Crippen LogP contribution in [0.2, 0.25) is 0 Å². The van der Waals surface area contributed by atoms with Crippen molar-refractivity contribution in [2.75, 3.05) is 0 Å². The van der Waals surface area contributed by atoms with E-state index in [2.05, 4.69) is 32.1 Å². The smallest absolute Gasteiger partial charge is 0.115 e. The van der Waals surface area contributed by atoms with Crippen molar-refractivity contribution in [2.45, 2.75) is 64.7 Å². The summed E-state index contributed by atoms with van der Waals surface area (Å²) in [6.07, 6.45) is 13.8. The summed E-state index contributed by atoms with van der Waals surface area (Å²) < 4.78 is 0. The van der Waals surface area contributed by atoms with Crippen LogP contribution >= 0.6 is 0 Å². The number of phenolic OH excluding ortho intramolecular Hbond substituents is 1. The Balaban J connectivity index is 1.64. The van der Waals surface area contributed by atoms with E-state index in [1.165, 1.54) is 49.7 Å². The molecular formula is C22H28O. The third-order valence-corrected chi connectivity index (χ3v) is 6.72. The second kappa shape index (κ2) is 5.54. The molecule has 1 aromatic rings. The van der Waals surface area contributed by atoms with Crippen molar-refractivity contribution >= 4 is 0 Å². The van der Waals surface area contributed by atoms with Gasteiger partial charge in [0.15, 0.2) is 0 Å². The maximum atomic E-state index is 9.76. The van der Waals surface area contributed by atoms with E-state index in [0.717, 1.165) is 12.3 Å². The minimum absolute atomic E-state index is 0.408. The highest BCUT2D eigenvalue weighted by Gasteiger charge is 2.48. The van der Waals surface area contributed by atoms with E-state index in [0.29, 0.717) is 17.1 Å². The first-order chi connectivity index (χ1) is 11.1. The Morgan fingerprint density at radius 1 is 1.26 bits per heavy atom. The normalized spacial score (nSPS) is 31.7. The van der Waals surface area contributed by atoms with E-state index in [1.807, 2.05) is 12.1 Å². The lowest BCUT2D eigenvalue weighted by Crippen LogP contribution is -2.35. The molecule has 1 nitrogen and oxygen atoms in total. The second-order valence-corrected chi connectivity index (χ2v) is 7.92. The fourth-order valence-electron chi connectivity index (χ4n) is 5.38. The van der Waals surface area contributed by atoms with Gasteiger partial charge >= 0.3 is 0 Å². The average Bonchev–Trinajstić information content (AvgIpc) is 2.89. The highest BCUT2D eigenvalue weighted by molar-refractivity contribution is 5.48. The van der Waals surface area contributed by atoms with Crippen molar-refractivity contribution in [2.24, 2.45) is 11.3 Å². The molecular weight excluding hydrogens is 280 g/mol. The van der Waals surface area contributed by atoms with Crippen LogP contribution < -0.4 is 0 Å². The Morgan fingerprint density at radius 3 is 2.96 bits per heavy atom. The maximum Gasteiger partial charge on any atom is 0.115 e. The summed E-state index contributed by atoms with van der Waals surface area (Å²) in [4.78, 5) is 0. The molecule has 0 saturated heterocycles. The van der Waals surface area contributed by atoms with Gasteiger partial charge in [0.2, 0.25) is 0 Å². The highest BCUT2D eigenvalue weighted by atomic mass is 16.3. The summed E-state index contributed by atoms with van der Waals surface area (Å²) in [5.74, 6) is 1.72. The van der Waals surface area contributed by atoms with Crippen LogP contribution in [0.1, 0.15) is 69.4 Å². The summed E-state index contributed by atoms with van der Waals surface area (Å²) in [5, 5.41) is 9.76. The quantitative estimate of drug-likeness (QED) is 0.690. The highest BCUT2D eigenvalue weighted by Crippen LogP contribution is 2.60. The van der Waals surface area contributed by atoms with E-state index < -0.39 is 0 Å². The predicted octanol–water partition coefficient (Wildman–Crippen LogP) is 5.89. The van der Waals surface area contributed by atoms with Crippen molar-refractivity contribution in [1.29, 1.82) is 0 Å². The number of unbranched alkanes of at least 4 members (excludes halogenated alkanes) is 1. The van der Waals surface area contributed by atoms with Gasteiger partial charge in [0, 0.05) is 5.92 Å². The first-order valence-corrected chi connectivity index (χ1v) is 9.34. The van der Waals surface area contributed by atoms with Crippen LogP contribution in [0, 0.1) is 11.3 Å². The molecule has 23 heavy (non-hydrogen) atoms. The minimum Gasteiger partial charge on any atom is -0.508 e. The largest absolute Gasteiger partial charge is 0.508 e. The maximum absolute atomic E-state index is 9.76. The summed E-state index contributed by atoms with van der Waals surface area (Å²) in [6.45, 7) is 4.82. The monoisotopic (exact) mass is 308 g/mol. The van der Waals surface area contributed by atoms with Crippen molar-refractivity contribution in [3.05, 3.63) is 52.6 Å². The third kappa shape index (κ3) is 2.28. The molecule has 1 fully saturated rings. The number of benzene rings is 1. The molecule has 0 aliphatic heterocycles. The van der Waals surface area contributed by atoms with Gasteiger partial charge in [0.25, 0.3) is 0 Å². The topological polar surface area (TPSA) is 20.2 Å². The first kappa shape index (κ1) is 15.1.